The normalized spacial score (nSPS) is 14.5. The number of rotatable bonds is 13. The van der Waals surface area contributed by atoms with Crippen molar-refractivity contribution in [3.8, 4) is 11.5 Å². The fourth-order valence-corrected chi connectivity index (χ4v) is 3.07. The number of hydrogen-bond acceptors (Lipinski definition) is 5. The van der Waals surface area contributed by atoms with E-state index in [0.717, 1.165) is 6.07 Å². The standard InChI is InChI=1S/C19H13F17N2O5/c20-12(21,5-3-9(40)37-6-4-7-1-2-8(39)11(41)10(7)38(42)43)13(22,23)14(24,25)15(26,27)16(28,29)17(30,31)18(32,33)19(34,35)36/h1-2,39,41H,3-6H2,(H,37,40). The molecule has 43 heavy (non-hydrogen) atoms. The molecular weight excluding hydrogens is 659 g/mol. The third-order valence-corrected chi connectivity index (χ3v) is 5.57. The average Bonchev–Trinajstić information content (AvgIpc) is 2.83. The van der Waals surface area contributed by atoms with Crippen LogP contribution in [0.15, 0.2) is 12.1 Å². The molecule has 0 bridgehead atoms. The predicted molar refractivity (Wildman–Crippen MR) is 103 cm³/mol. The van der Waals surface area contributed by atoms with Crippen molar-refractivity contribution in [3.63, 3.8) is 0 Å². The lowest BCUT2D eigenvalue weighted by molar-refractivity contribution is -0.461. The SMILES string of the molecule is O=C(CCC(F)(F)C(F)(F)C(F)(F)C(F)(F)C(F)(F)C(F)(F)C(F)(F)C(F)(F)F)NCCc1ccc(O)c(O)c1[N+](=O)[O-]. The largest absolute Gasteiger partial charge is 0.504 e. The van der Waals surface area contributed by atoms with Gasteiger partial charge in [0.15, 0.2) is 5.75 Å². The smallest absolute Gasteiger partial charge is 0.460 e. The van der Waals surface area contributed by atoms with Crippen LogP contribution in [0.1, 0.15) is 18.4 Å². The summed E-state index contributed by atoms with van der Waals surface area (Å²) < 4.78 is 225. The number of phenols is 2. The molecule has 0 spiro atoms. The first-order valence-corrected chi connectivity index (χ1v) is 10.5. The molecule has 1 amide bonds. The lowest BCUT2D eigenvalue weighted by Crippen LogP contribution is -2.74. The maximum absolute atomic E-state index is 13.9. The van der Waals surface area contributed by atoms with Crippen LogP contribution in [0.4, 0.5) is 80.3 Å². The first-order valence-electron chi connectivity index (χ1n) is 10.5. The minimum atomic E-state index is -8.76. The van der Waals surface area contributed by atoms with E-state index in [4.69, 9.17) is 0 Å². The third kappa shape index (κ3) is 5.99. The van der Waals surface area contributed by atoms with Crippen LogP contribution < -0.4 is 5.32 Å². The average molecular weight is 672 g/mol. The van der Waals surface area contributed by atoms with Gasteiger partial charge in [0.05, 0.1) is 4.92 Å². The summed E-state index contributed by atoms with van der Waals surface area (Å²) in [5, 5.41) is 31.3. The lowest BCUT2D eigenvalue weighted by Gasteiger charge is -2.42. The Bertz CT molecular complexity index is 1220. The van der Waals surface area contributed by atoms with Gasteiger partial charge in [-0.1, -0.05) is 0 Å². The summed E-state index contributed by atoms with van der Waals surface area (Å²) >= 11 is 0. The molecule has 0 radical (unpaired) electrons. The molecule has 0 heterocycles. The van der Waals surface area contributed by atoms with Crippen LogP contribution in [0, 0.1) is 10.1 Å². The summed E-state index contributed by atoms with van der Waals surface area (Å²) in [6.07, 6.45) is -13.6. The fraction of sp³-hybridized carbons (Fsp3) is 0.632. The Morgan fingerprint density at radius 3 is 1.56 bits per heavy atom. The van der Waals surface area contributed by atoms with E-state index in [1.807, 2.05) is 0 Å². The van der Waals surface area contributed by atoms with Crippen LogP contribution in [-0.2, 0) is 11.2 Å². The molecule has 248 valence electrons. The summed E-state index contributed by atoms with van der Waals surface area (Å²) in [6, 6.07) is 1.52. The number of nitrogens with one attached hydrogen (secondary N) is 1. The molecule has 0 saturated carbocycles. The third-order valence-electron chi connectivity index (χ3n) is 5.57. The van der Waals surface area contributed by atoms with Crippen molar-refractivity contribution in [2.24, 2.45) is 0 Å². The van der Waals surface area contributed by atoms with Crippen LogP contribution in [0.25, 0.3) is 0 Å². The fourth-order valence-electron chi connectivity index (χ4n) is 3.07. The molecule has 24 heteroatoms. The quantitative estimate of drug-likeness (QED) is 0.0965. The molecule has 3 N–H and O–H groups in total. The molecule has 0 atom stereocenters. The van der Waals surface area contributed by atoms with E-state index in [-0.39, 0.29) is 0 Å². The Balaban J connectivity index is 3.16. The topological polar surface area (TPSA) is 113 Å². The zero-order valence-corrected chi connectivity index (χ0v) is 20.0. The molecule has 0 aromatic heterocycles. The molecule has 0 aliphatic carbocycles. The van der Waals surface area contributed by atoms with E-state index in [0.29, 0.717) is 6.07 Å². The van der Waals surface area contributed by atoms with Gasteiger partial charge < -0.3 is 15.5 Å². The number of aromatic hydroxyl groups is 2. The van der Waals surface area contributed by atoms with E-state index in [9.17, 15) is 99.8 Å². The highest BCUT2D eigenvalue weighted by Gasteiger charge is 2.95. The molecule has 0 unspecified atom stereocenters. The molecule has 1 aromatic carbocycles. The van der Waals surface area contributed by atoms with Crippen molar-refractivity contribution in [3.05, 3.63) is 27.8 Å². The minimum Gasteiger partial charge on any atom is -0.504 e. The minimum absolute atomic E-state index is 0.451. The van der Waals surface area contributed by atoms with Crippen LogP contribution in [0.5, 0.6) is 11.5 Å². The van der Waals surface area contributed by atoms with E-state index >= 15 is 0 Å². The predicted octanol–water partition coefficient (Wildman–Crippen LogP) is 6.45. The number of nitro benzene ring substituents is 1. The molecular formula is C19H13F17N2O5. The molecule has 1 rings (SSSR count). The summed E-state index contributed by atoms with van der Waals surface area (Å²) in [4.78, 5) is 21.4. The zero-order chi connectivity index (χ0) is 34.4. The van der Waals surface area contributed by atoms with Crippen molar-refractivity contribution >= 4 is 11.6 Å². The van der Waals surface area contributed by atoms with E-state index in [1.165, 1.54) is 0 Å². The summed E-state index contributed by atoms with van der Waals surface area (Å²) in [5.41, 5.74) is -1.58. The number of amides is 1. The molecule has 0 aliphatic heterocycles. The number of hydrogen-bond donors (Lipinski definition) is 3. The van der Waals surface area contributed by atoms with Gasteiger partial charge in [0.25, 0.3) is 0 Å². The zero-order valence-electron chi connectivity index (χ0n) is 20.0. The number of nitro groups is 1. The van der Waals surface area contributed by atoms with Crippen LogP contribution in [0.2, 0.25) is 0 Å². The van der Waals surface area contributed by atoms with Gasteiger partial charge in [0.2, 0.25) is 11.7 Å². The van der Waals surface area contributed by atoms with Crippen molar-refractivity contribution < 1.29 is 94.6 Å². The van der Waals surface area contributed by atoms with Crippen molar-refractivity contribution in [2.75, 3.05) is 6.54 Å². The van der Waals surface area contributed by atoms with Gasteiger partial charge in [0, 0.05) is 24.9 Å². The maximum atomic E-state index is 13.9. The Morgan fingerprint density at radius 2 is 1.14 bits per heavy atom. The van der Waals surface area contributed by atoms with Gasteiger partial charge in [-0.15, -0.1) is 0 Å². The Kier molecular flexibility index (Phi) is 9.78. The second kappa shape index (κ2) is 11.2. The van der Waals surface area contributed by atoms with Gasteiger partial charge in [-0.05, 0) is 18.6 Å². The van der Waals surface area contributed by atoms with Crippen LogP contribution in [0.3, 0.4) is 0 Å². The number of benzene rings is 1. The first kappa shape index (κ1) is 37.5. The first-order chi connectivity index (χ1) is 18.9. The number of carbonyl (C=O) groups is 1. The van der Waals surface area contributed by atoms with E-state index in [2.05, 4.69) is 0 Å². The Hall–Kier alpha value is -3.50. The van der Waals surface area contributed by atoms with Gasteiger partial charge in [-0.2, -0.15) is 74.6 Å². The number of alkyl halides is 17. The van der Waals surface area contributed by atoms with Gasteiger partial charge >= 0.3 is 53.3 Å². The highest BCUT2D eigenvalue weighted by Crippen LogP contribution is 2.64. The van der Waals surface area contributed by atoms with Crippen LogP contribution >= 0.6 is 0 Å². The number of nitrogens with zero attached hydrogens (tertiary/aromatic N) is 1. The summed E-state index contributed by atoms with van der Waals surface area (Å²) in [6.45, 7) is -0.852. The highest BCUT2D eigenvalue weighted by atomic mass is 19.4. The molecule has 0 fully saturated rings. The second-order valence-corrected chi connectivity index (χ2v) is 8.45. The van der Waals surface area contributed by atoms with Gasteiger partial charge in [0.1, 0.15) is 0 Å². The Morgan fingerprint density at radius 1 is 0.721 bits per heavy atom. The van der Waals surface area contributed by atoms with Crippen molar-refractivity contribution in [1.29, 1.82) is 0 Å². The highest BCUT2D eigenvalue weighted by molar-refractivity contribution is 5.76. The molecule has 0 saturated heterocycles. The lowest BCUT2D eigenvalue weighted by atomic mass is 9.88. The summed E-state index contributed by atoms with van der Waals surface area (Å²) in [5.74, 6) is -61.6. The number of carbonyl (C=O) groups excluding carboxylic acids is 1. The van der Waals surface area contributed by atoms with E-state index in [1.54, 1.807) is 5.32 Å². The molecule has 7 nitrogen and oxygen atoms in total. The van der Waals surface area contributed by atoms with E-state index < -0.39 is 107 Å². The van der Waals surface area contributed by atoms with Crippen LogP contribution in [-0.4, -0.2) is 75.2 Å². The molecule has 1 aromatic rings. The van der Waals surface area contributed by atoms with Crippen molar-refractivity contribution in [2.45, 2.75) is 66.9 Å². The number of phenolic OH excluding ortho intramolecular Hbond substituents is 2. The van der Waals surface area contributed by atoms with Crippen molar-refractivity contribution in [1.82, 2.24) is 5.32 Å². The van der Waals surface area contributed by atoms with Gasteiger partial charge in [-0.25, -0.2) is 0 Å². The maximum Gasteiger partial charge on any atom is 0.460 e. The van der Waals surface area contributed by atoms with Gasteiger partial charge in [-0.3, -0.25) is 14.9 Å². The molecule has 0 aliphatic rings. The second-order valence-electron chi connectivity index (χ2n) is 8.45. The number of halogens is 17. The monoisotopic (exact) mass is 672 g/mol. The Labute approximate surface area is 225 Å². The summed E-state index contributed by atoms with van der Waals surface area (Å²) in [7, 11) is 0.